The van der Waals surface area contributed by atoms with Gasteiger partial charge in [0.15, 0.2) is 5.82 Å². The molecule has 5 rings (SSSR count). The second-order valence-electron chi connectivity index (χ2n) is 7.87. The Hall–Kier alpha value is -3.23. The molecule has 0 bridgehead atoms. The number of aryl methyl sites for hydroxylation is 1. The van der Waals surface area contributed by atoms with E-state index in [4.69, 9.17) is 21.7 Å². The predicted octanol–water partition coefficient (Wildman–Crippen LogP) is 4.89. The fourth-order valence-corrected chi connectivity index (χ4v) is 4.42. The fraction of sp³-hybridized carbons (Fsp3) is 0.250. The summed E-state index contributed by atoms with van der Waals surface area (Å²) in [6, 6.07) is 18.9. The van der Waals surface area contributed by atoms with Crippen LogP contribution in [-0.2, 0) is 6.67 Å². The fourth-order valence-electron chi connectivity index (χ4n) is 4.13. The molecule has 8 heteroatoms. The molecule has 6 nitrogen and oxygen atoms in total. The Morgan fingerprint density at radius 3 is 2.38 bits per heavy atom. The Kier molecular flexibility index (Phi) is 5.63. The van der Waals surface area contributed by atoms with E-state index in [1.807, 2.05) is 64.7 Å². The Morgan fingerprint density at radius 2 is 1.69 bits per heavy atom. The van der Waals surface area contributed by atoms with E-state index in [2.05, 4.69) is 9.80 Å². The maximum atomic E-state index is 14.2. The van der Waals surface area contributed by atoms with Gasteiger partial charge in [-0.2, -0.15) is 0 Å². The lowest BCUT2D eigenvalue weighted by Gasteiger charge is -2.35. The number of para-hydroxylation sites is 2. The topological polar surface area (TPSA) is 42.4 Å². The minimum atomic E-state index is -0.176. The monoisotopic (exact) mass is 449 g/mol. The molecule has 2 aromatic heterocycles. The van der Waals surface area contributed by atoms with Crippen LogP contribution in [0.5, 0.6) is 0 Å². The van der Waals surface area contributed by atoms with Crippen LogP contribution in [0.2, 0.25) is 0 Å². The molecule has 164 valence electrons. The van der Waals surface area contributed by atoms with Crippen molar-refractivity contribution in [3.8, 4) is 17.1 Å². The molecule has 4 aromatic rings. The Labute approximate surface area is 191 Å². The molecule has 3 heterocycles. The first-order valence-corrected chi connectivity index (χ1v) is 11.0. The summed E-state index contributed by atoms with van der Waals surface area (Å²) in [5, 5.41) is 4.88. The quantitative estimate of drug-likeness (QED) is 0.406. The first-order chi connectivity index (χ1) is 15.6. The van der Waals surface area contributed by atoms with E-state index in [0.29, 0.717) is 17.1 Å². The number of aromatic nitrogens is 3. The van der Waals surface area contributed by atoms with Crippen molar-refractivity contribution < 1.29 is 8.81 Å². The van der Waals surface area contributed by atoms with Gasteiger partial charge in [-0.1, -0.05) is 30.3 Å². The second kappa shape index (κ2) is 8.72. The molecular formula is C24H24FN5OS. The van der Waals surface area contributed by atoms with Gasteiger partial charge in [-0.3, -0.25) is 9.47 Å². The summed E-state index contributed by atoms with van der Waals surface area (Å²) in [5.74, 6) is 1.38. The van der Waals surface area contributed by atoms with Gasteiger partial charge in [0.2, 0.25) is 4.77 Å². The van der Waals surface area contributed by atoms with Gasteiger partial charge in [-0.15, -0.1) is 5.10 Å². The number of halogens is 1. The summed E-state index contributed by atoms with van der Waals surface area (Å²) in [6.45, 7) is 5.60. The molecule has 0 amide bonds. The van der Waals surface area contributed by atoms with Crippen LogP contribution < -0.4 is 4.90 Å². The van der Waals surface area contributed by atoms with Crippen LogP contribution in [0.1, 0.15) is 5.76 Å². The third-order valence-electron chi connectivity index (χ3n) is 5.85. The molecule has 0 N–H and O–H groups in total. The van der Waals surface area contributed by atoms with E-state index in [1.165, 1.54) is 6.07 Å². The first kappa shape index (κ1) is 20.7. The molecule has 0 spiro atoms. The Balaban J connectivity index is 1.41. The lowest BCUT2D eigenvalue weighted by molar-refractivity contribution is 0.194. The van der Waals surface area contributed by atoms with Crippen molar-refractivity contribution >= 4 is 17.9 Å². The minimum absolute atomic E-state index is 0.176. The van der Waals surface area contributed by atoms with Crippen LogP contribution in [0, 0.1) is 17.5 Å². The van der Waals surface area contributed by atoms with Crippen molar-refractivity contribution in [2.75, 3.05) is 31.1 Å². The molecule has 1 aliphatic heterocycles. The van der Waals surface area contributed by atoms with Crippen LogP contribution in [0.3, 0.4) is 0 Å². The number of anilines is 1. The zero-order valence-electron chi connectivity index (χ0n) is 17.8. The van der Waals surface area contributed by atoms with Crippen LogP contribution in [-0.4, -0.2) is 45.4 Å². The van der Waals surface area contributed by atoms with Gasteiger partial charge in [-0.05, 0) is 49.5 Å². The van der Waals surface area contributed by atoms with Crippen molar-refractivity contribution in [3.05, 3.63) is 83.3 Å². The van der Waals surface area contributed by atoms with Crippen molar-refractivity contribution in [2.24, 2.45) is 0 Å². The van der Waals surface area contributed by atoms with Crippen molar-refractivity contribution in [1.82, 2.24) is 19.2 Å². The summed E-state index contributed by atoms with van der Waals surface area (Å²) in [5.41, 5.74) is 2.54. The molecule has 0 unspecified atom stereocenters. The van der Waals surface area contributed by atoms with Crippen LogP contribution in [0.25, 0.3) is 17.1 Å². The highest BCUT2D eigenvalue weighted by molar-refractivity contribution is 7.71. The Morgan fingerprint density at radius 1 is 0.969 bits per heavy atom. The van der Waals surface area contributed by atoms with Crippen molar-refractivity contribution in [3.63, 3.8) is 0 Å². The van der Waals surface area contributed by atoms with Gasteiger partial charge < -0.3 is 9.32 Å². The lowest BCUT2D eigenvalue weighted by Crippen LogP contribution is -2.47. The van der Waals surface area contributed by atoms with E-state index < -0.39 is 0 Å². The molecular weight excluding hydrogens is 425 g/mol. The SMILES string of the molecule is Cc1occc1-c1nn(CN2CCN(c3ccccc3F)CC2)c(=S)n1-c1ccccc1. The van der Waals surface area contributed by atoms with Gasteiger partial charge >= 0.3 is 0 Å². The average molecular weight is 450 g/mol. The number of hydrogen-bond donors (Lipinski definition) is 0. The summed E-state index contributed by atoms with van der Waals surface area (Å²) >= 11 is 5.84. The minimum Gasteiger partial charge on any atom is -0.469 e. The standard InChI is InChI=1S/C24H24FN5OS/c1-18-20(11-16-31-18)23-26-29(24(32)30(23)19-7-3-2-4-8-19)17-27-12-14-28(15-13-27)22-10-6-5-9-21(22)25/h2-11,16H,12-15,17H2,1H3. The van der Waals surface area contributed by atoms with E-state index in [0.717, 1.165) is 49.0 Å². The zero-order chi connectivity index (χ0) is 22.1. The second-order valence-corrected chi connectivity index (χ2v) is 8.23. The highest BCUT2D eigenvalue weighted by atomic mass is 32.1. The molecule has 32 heavy (non-hydrogen) atoms. The van der Waals surface area contributed by atoms with Gasteiger partial charge in [0.25, 0.3) is 0 Å². The maximum Gasteiger partial charge on any atom is 0.204 e. The maximum absolute atomic E-state index is 14.2. The largest absolute Gasteiger partial charge is 0.469 e. The summed E-state index contributed by atoms with van der Waals surface area (Å²) in [6.07, 6.45) is 1.67. The van der Waals surface area contributed by atoms with Gasteiger partial charge in [0, 0.05) is 31.9 Å². The summed E-state index contributed by atoms with van der Waals surface area (Å²) < 4.78 is 24.2. The first-order valence-electron chi connectivity index (χ1n) is 10.6. The molecule has 1 aliphatic rings. The number of piperazine rings is 1. The summed E-state index contributed by atoms with van der Waals surface area (Å²) in [7, 11) is 0. The van der Waals surface area contributed by atoms with Crippen molar-refractivity contribution in [2.45, 2.75) is 13.6 Å². The number of rotatable bonds is 5. The third kappa shape index (κ3) is 3.87. The van der Waals surface area contributed by atoms with Crippen LogP contribution in [0.15, 0.2) is 71.3 Å². The summed E-state index contributed by atoms with van der Waals surface area (Å²) in [4.78, 5) is 4.38. The average Bonchev–Trinajstić information content (AvgIpc) is 3.38. The number of furan rings is 1. The molecule has 0 saturated carbocycles. The van der Waals surface area contributed by atoms with Gasteiger partial charge in [0.05, 0.1) is 24.2 Å². The van der Waals surface area contributed by atoms with E-state index in [-0.39, 0.29) is 5.82 Å². The van der Waals surface area contributed by atoms with Gasteiger partial charge in [-0.25, -0.2) is 9.07 Å². The van der Waals surface area contributed by atoms with E-state index in [1.54, 1.807) is 12.3 Å². The zero-order valence-corrected chi connectivity index (χ0v) is 18.6. The van der Waals surface area contributed by atoms with Gasteiger partial charge in [0.1, 0.15) is 11.6 Å². The lowest BCUT2D eigenvalue weighted by atomic mass is 10.2. The molecule has 1 fully saturated rings. The highest BCUT2D eigenvalue weighted by Crippen LogP contribution is 2.27. The normalized spacial score (nSPS) is 14.8. The van der Waals surface area contributed by atoms with Crippen LogP contribution in [0.4, 0.5) is 10.1 Å². The molecule has 1 saturated heterocycles. The number of benzene rings is 2. The molecule has 0 aliphatic carbocycles. The van der Waals surface area contributed by atoms with Crippen molar-refractivity contribution in [1.29, 1.82) is 0 Å². The van der Waals surface area contributed by atoms with E-state index in [9.17, 15) is 4.39 Å². The third-order valence-corrected chi connectivity index (χ3v) is 6.25. The van der Waals surface area contributed by atoms with Crippen LogP contribution >= 0.6 is 12.2 Å². The Bertz CT molecular complexity index is 1270. The highest BCUT2D eigenvalue weighted by Gasteiger charge is 2.22. The number of nitrogens with zero attached hydrogens (tertiary/aromatic N) is 5. The smallest absolute Gasteiger partial charge is 0.204 e. The molecule has 2 aromatic carbocycles. The number of hydrogen-bond acceptors (Lipinski definition) is 5. The molecule has 0 atom stereocenters. The molecule has 0 radical (unpaired) electrons. The van der Waals surface area contributed by atoms with E-state index >= 15 is 0 Å². The predicted molar refractivity (Wildman–Crippen MR) is 125 cm³/mol.